The molecule has 20 heavy (non-hydrogen) atoms. The van der Waals surface area contributed by atoms with Crippen molar-refractivity contribution < 1.29 is 4.39 Å². The van der Waals surface area contributed by atoms with E-state index in [1.54, 1.807) is 18.3 Å². The predicted octanol–water partition coefficient (Wildman–Crippen LogP) is 4.42. The standard InChI is InChI=1S/C15H15Cl2FN2/c1-2-19-14(13-7-6-11(16)9-20-13)8-10-4-3-5-12(18)15(10)17/h3-7,9,14,19H,2,8H2,1H3. The first kappa shape index (κ1) is 15.2. The van der Waals surface area contributed by atoms with E-state index < -0.39 is 5.82 Å². The van der Waals surface area contributed by atoms with Crippen LogP contribution in [0.5, 0.6) is 0 Å². The van der Waals surface area contributed by atoms with Crippen LogP contribution < -0.4 is 5.32 Å². The zero-order valence-corrected chi connectivity index (χ0v) is 12.5. The fourth-order valence-electron chi connectivity index (χ4n) is 2.05. The zero-order valence-electron chi connectivity index (χ0n) is 11.0. The maximum atomic E-state index is 13.5. The minimum absolute atomic E-state index is 0.0310. The largest absolute Gasteiger partial charge is 0.309 e. The van der Waals surface area contributed by atoms with Gasteiger partial charge in [0, 0.05) is 6.20 Å². The van der Waals surface area contributed by atoms with E-state index in [0.29, 0.717) is 11.4 Å². The average molecular weight is 313 g/mol. The van der Waals surface area contributed by atoms with Gasteiger partial charge >= 0.3 is 0 Å². The number of pyridine rings is 1. The Morgan fingerprint density at radius 3 is 2.70 bits per heavy atom. The molecule has 106 valence electrons. The molecule has 0 radical (unpaired) electrons. The van der Waals surface area contributed by atoms with Crippen LogP contribution in [0.25, 0.3) is 0 Å². The molecule has 5 heteroatoms. The summed E-state index contributed by atoms with van der Waals surface area (Å²) in [6.07, 6.45) is 2.17. The summed E-state index contributed by atoms with van der Waals surface area (Å²) in [5.74, 6) is -0.400. The maximum absolute atomic E-state index is 13.5. The second-order valence-corrected chi connectivity index (χ2v) is 5.24. The van der Waals surface area contributed by atoms with Crippen LogP contribution in [0.15, 0.2) is 36.5 Å². The summed E-state index contributed by atoms with van der Waals surface area (Å²) in [4.78, 5) is 4.31. The van der Waals surface area contributed by atoms with Crippen molar-refractivity contribution in [1.82, 2.24) is 10.3 Å². The average Bonchev–Trinajstić information content (AvgIpc) is 2.44. The van der Waals surface area contributed by atoms with Crippen LogP contribution in [0.1, 0.15) is 24.2 Å². The van der Waals surface area contributed by atoms with Gasteiger partial charge in [-0.2, -0.15) is 0 Å². The van der Waals surface area contributed by atoms with E-state index in [1.807, 2.05) is 19.1 Å². The van der Waals surface area contributed by atoms with E-state index in [2.05, 4.69) is 10.3 Å². The maximum Gasteiger partial charge on any atom is 0.142 e. The van der Waals surface area contributed by atoms with Crippen molar-refractivity contribution in [2.24, 2.45) is 0 Å². The van der Waals surface area contributed by atoms with E-state index in [-0.39, 0.29) is 11.1 Å². The molecule has 1 aromatic carbocycles. The lowest BCUT2D eigenvalue weighted by Crippen LogP contribution is -2.24. The third-order valence-corrected chi connectivity index (χ3v) is 3.66. The molecule has 0 saturated carbocycles. The summed E-state index contributed by atoms with van der Waals surface area (Å²) in [7, 11) is 0. The molecule has 0 spiro atoms. The first-order chi connectivity index (χ1) is 9.61. The topological polar surface area (TPSA) is 24.9 Å². The summed E-state index contributed by atoms with van der Waals surface area (Å²) >= 11 is 11.9. The zero-order chi connectivity index (χ0) is 14.5. The Balaban J connectivity index is 2.25. The molecule has 0 saturated heterocycles. The highest BCUT2D eigenvalue weighted by molar-refractivity contribution is 6.31. The van der Waals surface area contributed by atoms with Gasteiger partial charge in [-0.25, -0.2) is 4.39 Å². The molecule has 2 nitrogen and oxygen atoms in total. The Kier molecular flexibility index (Phi) is 5.35. The van der Waals surface area contributed by atoms with Gasteiger partial charge in [0.25, 0.3) is 0 Å². The van der Waals surface area contributed by atoms with E-state index >= 15 is 0 Å². The molecule has 0 aliphatic carbocycles. The molecule has 1 N–H and O–H groups in total. The number of rotatable bonds is 5. The molecule has 0 bridgehead atoms. The molecule has 1 atom stereocenters. The van der Waals surface area contributed by atoms with Crippen molar-refractivity contribution in [1.29, 1.82) is 0 Å². The van der Waals surface area contributed by atoms with Gasteiger partial charge < -0.3 is 5.32 Å². The number of benzene rings is 1. The fourth-order valence-corrected chi connectivity index (χ4v) is 2.36. The van der Waals surface area contributed by atoms with E-state index in [0.717, 1.165) is 17.8 Å². The summed E-state index contributed by atoms with van der Waals surface area (Å²) in [5, 5.41) is 4.09. The van der Waals surface area contributed by atoms with Crippen LogP contribution in [-0.4, -0.2) is 11.5 Å². The van der Waals surface area contributed by atoms with Crippen LogP contribution in [0, 0.1) is 5.82 Å². The molecule has 1 heterocycles. The van der Waals surface area contributed by atoms with E-state index in [4.69, 9.17) is 23.2 Å². The van der Waals surface area contributed by atoms with Crippen LogP contribution in [-0.2, 0) is 6.42 Å². The van der Waals surface area contributed by atoms with Gasteiger partial charge in [0.2, 0.25) is 0 Å². The smallest absolute Gasteiger partial charge is 0.142 e. The lowest BCUT2D eigenvalue weighted by molar-refractivity contribution is 0.534. The van der Waals surface area contributed by atoms with E-state index in [1.165, 1.54) is 6.07 Å². The normalized spacial score (nSPS) is 12.4. The van der Waals surface area contributed by atoms with Crippen molar-refractivity contribution in [2.45, 2.75) is 19.4 Å². The van der Waals surface area contributed by atoms with Gasteiger partial charge in [0.1, 0.15) is 5.82 Å². The van der Waals surface area contributed by atoms with Gasteiger partial charge in [-0.3, -0.25) is 4.98 Å². The Labute approximate surface area is 127 Å². The molecule has 0 amide bonds. The molecule has 1 unspecified atom stereocenters. The monoisotopic (exact) mass is 312 g/mol. The molecule has 0 aliphatic heterocycles. The predicted molar refractivity (Wildman–Crippen MR) is 80.8 cm³/mol. The molecule has 0 aliphatic rings. The lowest BCUT2D eigenvalue weighted by Gasteiger charge is -2.18. The summed E-state index contributed by atoms with van der Waals surface area (Å²) in [6, 6.07) is 8.47. The van der Waals surface area contributed by atoms with Crippen LogP contribution >= 0.6 is 23.2 Å². The SMILES string of the molecule is CCNC(Cc1cccc(F)c1Cl)c1ccc(Cl)cn1. The molecular formula is C15H15Cl2FN2. The quantitative estimate of drug-likeness (QED) is 0.884. The van der Waals surface area contributed by atoms with Gasteiger partial charge in [-0.05, 0) is 36.7 Å². The first-order valence-electron chi connectivity index (χ1n) is 6.39. The third-order valence-electron chi connectivity index (χ3n) is 3.01. The third kappa shape index (κ3) is 3.69. The lowest BCUT2D eigenvalue weighted by atomic mass is 10.0. The van der Waals surface area contributed by atoms with Gasteiger partial charge in [-0.1, -0.05) is 42.3 Å². The van der Waals surface area contributed by atoms with Crippen LogP contribution in [0.3, 0.4) is 0 Å². The highest BCUT2D eigenvalue weighted by atomic mass is 35.5. The second-order valence-electron chi connectivity index (χ2n) is 4.43. The molecule has 1 aromatic heterocycles. The number of hydrogen-bond donors (Lipinski definition) is 1. The number of aromatic nitrogens is 1. The van der Waals surface area contributed by atoms with Gasteiger partial charge in [-0.15, -0.1) is 0 Å². The fraction of sp³-hybridized carbons (Fsp3) is 0.267. The minimum Gasteiger partial charge on any atom is -0.309 e. The number of hydrogen-bond acceptors (Lipinski definition) is 2. The molecular weight excluding hydrogens is 298 g/mol. The van der Waals surface area contributed by atoms with Gasteiger partial charge in [0.15, 0.2) is 0 Å². The summed E-state index contributed by atoms with van der Waals surface area (Å²) in [5.41, 5.74) is 1.62. The highest BCUT2D eigenvalue weighted by Gasteiger charge is 2.15. The Bertz CT molecular complexity index is 573. The molecule has 2 aromatic rings. The Morgan fingerprint density at radius 1 is 1.25 bits per heavy atom. The molecule has 2 rings (SSSR count). The van der Waals surface area contributed by atoms with Crippen LogP contribution in [0.2, 0.25) is 10.0 Å². The number of nitrogens with one attached hydrogen (secondary N) is 1. The Morgan fingerprint density at radius 2 is 2.05 bits per heavy atom. The summed E-state index contributed by atoms with van der Waals surface area (Å²) in [6.45, 7) is 2.79. The molecule has 0 fully saturated rings. The number of halogens is 3. The van der Waals surface area contributed by atoms with Crippen molar-refractivity contribution in [2.75, 3.05) is 6.54 Å². The van der Waals surface area contributed by atoms with Crippen molar-refractivity contribution in [3.8, 4) is 0 Å². The van der Waals surface area contributed by atoms with Crippen molar-refractivity contribution in [3.05, 3.63) is 63.6 Å². The second kappa shape index (κ2) is 7.02. The van der Waals surface area contributed by atoms with E-state index in [9.17, 15) is 4.39 Å². The highest BCUT2D eigenvalue weighted by Crippen LogP contribution is 2.25. The number of likely N-dealkylation sites (N-methyl/N-ethyl adjacent to an activating group) is 1. The Hall–Kier alpha value is -1.16. The number of nitrogens with zero attached hydrogens (tertiary/aromatic N) is 1. The van der Waals surface area contributed by atoms with Crippen molar-refractivity contribution >= 4 is 23.2 Å². The minimum atomic E-state index is -0.400. The van der Waals surface area contributed by atoms with Crippen LogP contribution in [0.4, 0.5) is 4.39 Å². The van der Waals surface area contributed by atoms with Gasteiger partial charge in [0.05, 0.1) is 21.8 Å². The first-order valence-corrected chi connectivity index (χ1v) is 7.15. The van der Waals surface area contributed by atoms with Crippen molar-refractivity contribution in [3.63, 3.8) is 0 Å². The summed E-state index contributed by atoms with van der Waals surface area (Å²) < 4.78 is 13.5.